The number of benzene rings is 1. The molecule has 0 fully saturated rings. The standard InChI is InChI=1S/C7H5BrCl2O/c8-5-1-4(3-11)2-6(9)7(5)10/h1-2,11H,3H2. The van der Waals surface area contributed by atoms with E-state index in [9.17, 15) is 0 Å². The third-order valence-electron chi connectivity index (χ3n) is 1.23. The molecule has 0 aromatic heterocycles. The van der Waals surface area contributed by atoms with Gasteiger partial charge in [-0.15, -0.1) is 0 Å². The molecule has 11 heavy (non-hydrogen) atoms. The van der Waals surface area contributed by atoms with Gasteiger partial charge < -0.3 is 5.11 Å². The molecular weight excluding hydrogens is 251 g/mol. The zero-order valence-corrected chi connectivity index (χ0v) is 8.54. The number of halogens is 3. The fraction of sp³-hybridized carbons (Fsp3) is 0.143. The van der Waals surface area contributed by atoms with Crippen LogP contribution in [0.1, 0.15) is 5.56 Å². The Kier molecular flexibility index (Phi) is 3.19. The fourth-order valence-electron chi connectivity index (χ4n) is 0.699. The van der Waals surface area contributed by atoms with Crippen LogP contribution in [0, 0.1) is 0 Å². The zero-order chi connectivity index (χ0) is 8.43. The van der Waals surface area contributed by atoms with Gasteiger partial charge in [0.05, 0.1) is 16.7 Å². The second-order valence-electron chi connectivity index (χ2n) is 2.03. The molecule has 60 valence electrons. The highest BCUT2D eigenvalue weighted by Crippen LogP contribution is 2.31. The molecule has 0 spiro atoms. The number of rotatable bonds is 1. The third-order valence-corrected chi connectivity index (χ3v) is 2.88. The van der Waals surface area contributed by atoms with E-state index in [0.29, 0.717) is 14.5 Å². The van der Waals surface area contributed by atoms with Crippen molar-refractivity contribution in [2.24, 2.45) is 0 Å². The van der Waals surface area contributed by atoms with Gasteiger partial charge in [0.2, 0.25) is 0 Å². The Balaban J connectivity index is 3.21. The first-order chi connectivity index (χ1) is 5.15. The van der Waals surface area contributed by atoms with Gasteiger partial charge in [-0.2, -0.15) is 0 Å². The van der Waals surface area contributed by atoms with Crippen molar-refractivity contribution < 1.29 is 5.11 Å². The highest BCUT2D eigenvalue weighted by atomic mass is 79.9. The molecule has 0 bridgehead atoms. The lowest BCUT2D eigenvalue weighted by Gasteiger charge is -2.01. The van der Waals surface area contributed by atoms with Gasteiger partial charge in [-0.1, -0.05) is 23.2 Å². The van der Waals surface area contributed by atoms with Crippen LogP contribution in [0.15, 0.2) is 16.6 Å². The number of aliphatic hydroxyl groups excluding tert-OH is 1. The second kappa shape index (κ2) is 3.76. The summed E-state index contributed by atoms with van der Waals surface area (Å²) in [4.78, 5) is 0. The Labute approximate surface area is 83.1 Å². The van der Waals surface area contributed by atoms with Crippen molar-refractivity contribution in [1.82, 2.24) is 0 Å². The summed E-state index contributed by atoms with van der Waals surface area (Å²) in [5, 5.41) is 9.68. The summed E-state index contributed by atoms with van der Waals surface area (Å²) in [6.45, 7) is -0.0323. The summed E-state index contributed by atoms with van der Waals surface area (Å²) < 4.78 is 0.704. The van der Waals surface area contributed by atoms with Crippen molar-refractivity contribution in [2.75, 3.05) is 0 Å². The second-order valence-corrected chi connectivity index (χ2v) is 3.67. The smallest absolute Gasteiger partial charge is 0.0734 e. The predicted octanol–water partition coefficient (Wildman–Crippen LogP) is 3.25. The van der Waals surface area contributed by atoms with E-state index in [1.54, 1.807) is 12.1 Å². The van der Waals surface area contributed by atoms with Crippen LogP contribution in [-0.2, 0) is 6.61 Å². The molecule has 0 unspecified atom stereocenters. The van der Waals surface area contributed by atoms with Crippen LogP contribution < -0.4 is 0 Å². The highest BCUT2D eigenvalue weighted by Gasteiger charge is 2.03. The van der Waals surface area contributed by atoms with Gasteiger partial charge >= 0.3 is 0 Å². The molecule has 0 amide bonds. The van der Waals surface area contributed by atoms with E-state index in [1.807, 2.05) is 0 Å². The average molecular weight is 256 g/mol. The minimum Gasteiger partial charge on any atom is -0.392 e. The van der Waals surface area contributed by atoms with E-state index < -0.39 is 0 Å². The first-order valence-electron chi connectivity index (χ1n) is 2.89. The molecule has 1 rings (SSSR count). The monoisotopic (exact) mass is 254 g/mol. The quantitative estimate of drug-likeness (QED) is 0.764. The van der Waals surface area contributed by atoms with Gasteiger partial charge in [0.15, 0.2) is 0 Å². The summed E-state index contributed by atoms with van der Waals surface area (Å²) in [5.41, 5.74) is 0.742. The van der Waals surface area contributed by atoms with E-state index in [0.717, 1.165) is 5.56 Å². The number of hydrogen-bond acceptors (Lipinski definition) is 1. The predicted molar refractivity (Wildman–Crippen MR) is 50.1 cm³/mol. The fourth-order valence-corrected chi connectivity index (χ4v) is 1.67. The van der Waals surface area contributed by atoms with Crippen LogP contribution in [0.2, 0.25) is 10.0 Å². The summed E-state index contributed by atoms with van der Waals surface area (Å²) >= 11 is 14.7. The lowest BCUT2D eigenvalue weighted by Crippen LogP contribution is -1.83. The zero-order valence-electron chi connectivity index (χ0n) is 5.44. The van der Waals surface area contributed by atoms with Crippen molar-refractivity contribution in [1.29, 1.82) is 0 Å². The van der Waals surface area contributed by atoms with Crippen LogP contribution in [0.25, 0.3) is 0 Å². The summed E-state index contributed by atoms with van der Waals surface area (Å²) in [7, 11) is 0. The largest absolute Gasteiger partial charge is 0.392 e. The van der Waals surface area contributed by atoms with Crippen LogP contribution in [-0.4, -0.2) is 5.11 Å². The summed E-state index contributed by atoms with van der Waals surface area (Å²) in [6.07, 6.45) is 0. The van der Waals surface area contributed by atoms with Crippen molar-refractivity contribution in [3.8, 4) is 0 Å². The van der Waals surface area contributed by atoms with Crippen LogP contribution in [0.3, 0.4) is 0 Å². The molecule has 0 aliphatic heterocycles. The third kappa shape index (κ3) is 2.09. The molecule has 0 aliphatic carbocycles. The van der Waals surface area contributed by atoms with E-state index in [1.165, 1.54) is 0 Å². The molecular formula is C7H5BrCl2O. The van der Waals surface area contributed by atoms with Crippen LogP contribution in [0.5, 0.6) is 0 Å². The Morgan fingerprint density at radius 1 is 1.36 bits per heavy atom. The Bertz CT molecular complexity index is 252. The van der Waals surface area contributed by atoms with Gasteiger partial charge in [0.1, 0.15) is 0 Å². The average Bonchev–Trinajstić information content (AvgIpc) is 1.99. The van der Waals surface area contributed by atoms with E-state index in [2.05, 4.69) is 15.9 Å². The maximum absolute atomic E-state index is 8.75. The normalized spacial score (nSPS) is 10.2. The summed E-state index contributed by atoms with van der Waals surface area (Å²) in [6, 6.07) is 3.36. The maximum atomic E-state index is 8.75. The lowest BCUT2D eigenvalue weighted by molar-refractivity contribution is 0.282. The highest BCUT2D eigenvalue weighted by molar-refractivity contribution is 9.10. The summed E-state index contributed by atoms with van der Waals surface area (Å²) in [5.74, 6) is 0. The minimum atomic E-state index is -0.0323. The van der Waals surface area contributed by atoms with E-state index in [-0.39, 0.29) is 6.61 Å². The van der Waals surface area contributed by atoms with E-state index >= 15 is 0 Å². The topological polar surface area (TPSA) is 20.2 Å². The van der Waals surface area contributed by atoms with E-state index in [4.69, 9.17) is 28.3 Å². The molecule has 4 heteroatoms. The Morgan fingerprint density at radius 2 is 2.00 bits per heavy atom. The number of aliphatic hydroxyl groups is 1. The minimum absolute atomic E-state index is 0.0323. The lowest BCUT2D eigenvalue weighted by atomic mass is 10.2. The Hall–Kier alpha value is 0.240. The van der Waals surface area contributed by atoms with Gasteiger partial charge in [-0.05, 0) is 33.6 Å². The van der Waals surface area contributed by atoms with Gasteiger partial charge in [-0.3, -0.25) is 0 Å². The van der Waals surface area contributed by atoms with Crippen molar-refractivity contribution in [3.63, 3.8) is 0 Å². The van der Waals surface area contributed by atoms with Crippen molar-refractivity contribution >= 4 is 39.1 Å². The molecule has 1 aromatic carbocycles. The molecule has 0 heterocycles. The molecule has 1 nitrogen and oxygen atoms in total. The molecule has 0 radical (unpaired) electrons. The SMILES string of the molecule is OCc1cc(Cl)c(Cl)c(Br)c1. The number of hydrogen-bond donors (Lipinski definition) is 1. The molecule has 1 N–H and O–H groups in total. The molecule has 1 aromatic rings. The molecule has 0 saturated heterocycles. The first kappa shape index (κ1) is 9.33. The van der Waals surface area contributed by atoms with Crippen LogP contribution in [0.4, 0.5) is 0 Å². The maximum Gasteiger partial charge on any atom is 0.0734 e. The molecule has 0 atom stereocenters. The van der Waals surface area contributed by atoms with Gasteiger partial charge in [0.25, 0.3) is 0 Å². The molecule has 0 saturated carbocycles. The van der Waals surface area contributed by atoms with Gasteiger partial charge in [-0.25, -0.2) is 0 Å². The van der Waals surface area contributed by atoms with Crippen molar-refractivity contribution in [3.05, 3.63) is 32.2 Å². The molecule has 0 aliphatic rings. The Morgan fingerprint density at radius 3 is 2.45 bits per heavy atom. The first-order valence-corrected chi connectivity index (χ1v) is 4.44. The van der Waals surface area contributed by atoms with Crippen molar-refractivity contribution in [2.45, 2.75) is 6.61 Å². The van der Waals surface area contributed by atoms with Gasteiger partial charge in [0, 0.05) is 4.47 Å². The van der Waals surface area contributed by atoms with Crippen LogP contribution >= 0.6 is 39.1 Å².